The second-order valence-corrected chi connectivity index (χ2v) is 7.58. The third-order valence-corrected chi connectivity index (χ3v) is 5.10. The molecular formula is C21H18F3N7O. The van der Waals surface area contributed by atoms with Crippen molar-refractivity contribution in [1.29, 1.82) is 0 Å². The minimum absolute atomic E-state index is 0.0115. The van der Waals surface area contributed by atoms with Gasteiger partial charge in [-0.3, -0.25) is 9.88 Å². The number of rotatable bonds is 7. The standard InChI is InChI=1S/C21H18F3N7O/c22-16-9-30(10-16)8-13-2-1-3-14(6-13)18-12-31(29-26-18)11-17-5-4-15(7-25-17)20-27-28-21(32-20)19(23)24/h1-7,12,16,19H,8-11H2. The van der Waals surface area contributed by atoms with E-state index < -0.39 is 18.5 Å². The topological polar surface area (TPSA) is 85.8 Å². The Morgan fingerprint density at radius 3 is 2.62 bits per heavy atom. The van der Waals surface area contributed by atoms with Gasteiger partial charge in [0.15, 0.2) is 0 Å². The lowest BCUT2D eigenvalue weighted by molar-refractivity contribution is 0.0591. The molecule has 0 aliphatic carbocycles. The summed E-state index contributed by atoms with van der Waals surface area (Å²) >= 11 is 0. The molecule has 1 aliphatic rings. The number of aromatic nitrogens is 6. The number of pyridine rings is 1. The Balaban J connectivity index is 1.25. The monoisotopic (exact) mass is 441 g/mol. The van der Waals surface area contributed by atoms with Crippen molar-refractivity contribution < 1.29 is 17.6 Å². The Hall–Kier alpha value is -3.60. The quantitative estimate of drug-likeness (QED) is 0.434. The van der Waals surface area contributed by atoms with E-state index >= 15 is 0 Å². The van der Waals surface area contributed by atoms with Crippen LogP contribution < -0.4 is 0 Å². The molecule has 0 atom stereocenters. The zero-order chi connectivity index (χ0) is 22.1. The first-order valence-corrected chi connectivity index (χ1v) is 9.96. The van der Waals surface area contributed by atoms with Crippen molar-refractivity contribution in [2.45, 2.75) is 25.7 Å². The van der Waals surface area contributed by atoms with Gasteiger partial charge in [0, 0.05) is 31.4 Å². The Morgan fingerprint density at radius 2 is 1.91 bits per heavy atom. The number of hydrogen-bond acceptors (Lipinski definition) is 7. The van der Waals surface area contributed by atoms with Gasteiger partial charge in [0.25, 0.3) is 5.89 Å². The molecule has 1 fully saturated rings. The van der Waals surface area contributed by atoms with E-state index in [-0.39, 0.29) is 5.89 Å². The fraction of sp³-hybridized carbons (Fsp3) is 0.286. The number of benzene rings is 1. The first kappa shape index (κ1) is 20.3. The fourth-order valence-corrected chi connectivity index (χ4v) is 3.48. The second-order valence-electron chi connectivity index (χ2n) is 7.58. The molecule has 1 aromatic carbocycles. The van der Waals surface area contributed by atoms with Crippen LogP contribution >= 0.6 is 0 Å². The summed E-state index contributed by atoms with van der Waals surface area (Å²) in [6, 6.07) is 11.4. The van der Waals surface area contributed by atoms with Gasteiger partial charge in [-0.2, -0.15) is 8.78 Å². The molecule has 1 saturated heterocycles. The molecule has 0 bridgehead atoms. The lowest BCUT2D eigenvalue weighted by Crippen LogP contribution is -2.47. The van der Waals surface area contributed by atoms with Gasteiger partial charge in [0.1, 0.15) is 11.9 Å². The molecule has 11 heteroatoms. The summed E-state index contributed by atoms with van der Waals surface area (Å²) in [5.74, 6) is -0.734. The fourth-order valence-electron chi connectivity index (χ4n) is 3.48. The molecule has 0 saturated carbocycles. The van der Waals surface area contributed by atoms with E-state index in [2.05, 4.69) is 30.4 Å². The maximum Gasteiger partial charge on any atom is 0.314 e. The summed E-state index contributed by atoms with van der Waals surface area (Å²) < 4.78 is 44.8. The van der Waals surface area contributed by atoms with Gasteiger partial charge in [0.05, 0.1) is 24.0 Å². The van der Waals surface area contributed by atoms with Gasteiger partial charge in [-0.1, -0.05) is 23.4 Å². The van der Waals surface area contributed by atoms with Gasteiger partial charge >= 0.3 is 6.43 Å². The highest BCUT2D eigenvalue weighted by Gasteiger charge is 2.25. The zero-order valence-electron chi connectivity index (χ0n) is 16.8. The van der Waals surface area contributed by atoms with E-state index in [1.807, 2.05) is 30.5 Å². The van der Waals surface area contributed by atoms with Crippen LogP contribution in [0, 0.1) is 0 Å². The average Bonchev–Trinajstić information content (AvgIpc) is 3.44. The van der Waals surface area contributed by atoms with Gasteiger partial charge < -0.3 is 4.42 Å². The molecule has 0 spiro atoms. The van der Waals surface area contributed by atoms with Crippen LogP contribution in [0.1, 0.15) is 23.6 Å². The van der Waals surface area contributed by atoms with Crippen molar-refractivity contribution >= 4 is 0 Å². The Kier molecular flexibility index (Phi) is 5.39. The summed E-state index contributed by atoms with van der Waals surface area (Å²) in [6.45, 7) is 2.04. The summed E-state index contributed by atoms with van der Waals surface area (Å²) in [5.41, 5.74) is 3.90. The Bertz CT molecular complexity index is 1200. The average molecular weight is 441 g/mol. The molecule has 164 valence electrons. The van der Waals surface area contributed by atoms with Gasteiger partial charge in [-0.05, 0) is 23.8 Å². The molecule has 0 amide bonds. The largest absolute Gasteiger partial charge is 0.415 e. The first-order chi connectivity index (χ1) is 15.5. The number of likely N-dealkylation sites (tertiary alicyclic amines) is 1. The summed E-state index contributed by atoms with van der Waals surface area (Å²) in [4.78, 5) is 6.37. The van der Waals surface area contributed by atoms with Gasteiger partial charge in [0.2, 0.25) is 5.89 Å². The van der Waals surface area contributed by atoms with Crippen molar-refractivity contribution in [2.24, 2.45) is 0 Å². The molecule has 3 aromatic heterocycles. The minimum Gasteiger partial charge on any atom is -0.415 e. The van der Waals surface area contributed by atoms with Crippen molar-refractivity contribution in [3.8, 4) is 22.7 Å². The predicted octanol–water partition coefficient (Wildman–Crippen LogP) is 3.53. The van der Waals surface area contributed by atoms with Crippen LogP contribution in [0.5, 0.6) is 0 Å². The van der Waals surface area contributed by atoms with E-state index in [4.69, 9.17) is 4.42 Å². The molecule has 4 aromatic rings. The van der Waals surface area contributed by atoms with Crippen molar-refractivity contribution in [1.82, 2.24) is 35.1 Å². The predicted molar refractivity (Wildman–Crippen MR) is 107 cm³/mol. The normalized spacial score (nSPS) is 14.8. The SMILES string of the molecule is FC1CN(Cc2cccc(-c3cn(Cc4ccc(-c5nnc(C(F)F)o5)cn4)nn3)c2)C1. The number of halogens is 3. The molecule has 1 aliphatic heterocycles. The number of hydrogen-bond donors (Lipinski definition) is 0. The highest BCUT2D eigenvalue weighted by Crippen LogP contribution is 2.23. The molecular weight excluding hydrogens is 423 g/mol. The lowest BCUT2D eigenvalue weighted by Gasteiger charge is -2.34. The van der Waals surface area contributed by atoms with E-state index in [0.29, 0.717) is 37.4 Å². The molecule has 8 nitrogen and oxygen atoms in total. The van der Waals surface area contributed by atoms with Crippen molar-refractivity contribution in [3.63, 3.8) is 0 Å². The van der Waals surface area contributed by atoms with Crippen LogP contribution in [0.15, 0.2) is 53.2 Å². The van der Waals surface area contributed by atoms with Gasteiger partial charge in [-0.25, -0.2) is 9.07 Å². The highest BCUT2D eigenvalue weighted by atomic mass is 19.3. The Labute approximate surface area is 180 Å². The maximum atomic E-state index is 13.0. The molecule has 0 radical (unpaired) electrons. The molecule has 32 heavy (non-hydrogen) atoms. The van der Waals surface area contributed by atoms with Crippen LogP contribution in [-0.4, -0.2) is 54.3 Å². The third kappa shape index (κ3) is 4.37. The summed E-state index contributed by atoms with van der Waals surface area (Å²) in [6.07, 6.45) is -0.230. The van der Waals surface area contributed by atoms with Crippen LogP contribution in [0.2, 0.25) is 0 Å². The van der Waals surface area contributed by atoms with Crippen molar-refractivity contribution in [2.75, 3.05) is 13.1 Å². The Morgan fingerprint density at radius 1 is 1.03 bits per heavy atom. The van der Waals surface area contributed by atoms with Crippen molar-refractivity contribution in [3.05, 3.63) is 65.9 Å². The first-order valence-electron chi connectivity index (χ1n) is 9.96. The number of alkyl halides is 3. The smallest absolute Gasteiger partial charge is 0.314 e. The second kappa shape index (κ2) is 8.50. The van der Waals surface area contributed by atoms with E-state index in [1.165, 1.54) is 6.20 Å². The van der Waals surface area contributed by atoms with E-state index in [0.717, 1.165) is 16.8 Å². The number of nitrogens with zero attached hydrogens (tertiary/aromatic N) is 7. The third-order valence-electron chi connectivity index (χ3n) is 5.10. The van der Waals surface area contributed by atoms with E-state index in [9.17, 15) is 13.2 Å². The summed E-state index contributed by atoms with van der Waals surface area (Å²) in [7, 11) is 0. The van der Waals surface area contributed by atoms with Crippen LogP contribution in [0.25, 0.3) is 22.7 Å². The van der Waals surface area contributed by atoms with Crippen LogP contribution in [-0.2, 0) is 13.1 Å². The zero-order valence-corrected chi connectivity index (χ0v) is 16.8. The van der Waals surface area contributed by atoms with E-state index in [1.54, 1.807) is 16.8 Å². The van der Waals surface area contributed by atoms with Gasteiger partial charge in [-0.15, -0.1) is 15.3 Å². The van der Waals surface area contributed by atoms with Crippen LogP contribution in [0.4, 0.5) is 13.2 Å². The maximum absolute atomic E-state index is 13.0. The highest BCUT2D eigenvalue weighted by molar-refractivity contribution is 5.58. The minimum atomic E-state index is -2.82. The molecule has 5 rings (SSSR count). The molecule has 4 heterocycles. The summed E-state index contributed by atoms with van der Waals surface area (Å²) in [5, 5.41) is 15.3. The van der Waals surface area contributed by atoms with Crippen LogP contribution in [0.3, 0.4) is 0 Å². The molecule has 0 unspecified atom stereocenters. The molecule has 0 N–H and O–H groups in total. The lowest BCUT2D eigenvalue weighted by atomic mass is 10.1.